The van der Waals surface area contributed by atoms with Crippen molar-refractivity contribution in [3.05, 3.63) is 6.42 Å². The summed E-state index contributed by atoms with van der Waals surface area (Å²) in [5, 5.41) is 0. The van der Waals surface area contributed by atoms with Crippen molar-refractivity contribution in [3.8, 4) is 0 Å². The molecule has 0 heterocycles. The molecule has 1 nitrogen and oxygen atoms in total. The predicted octanol–water partition coefficient (Wildman–Crippen LogP) is 1.64. The van der Waals surface area contributed by atoms with E-state index in [2.05, 4.69) is 13.3 Å². The molecule has 1 atom stereocenters. The standard InChI is InChI=1S/C7H13O/c1-2-5-8-6-7-3-4-7/h3,7H,2,4-6H2,1H3. The van der Waals surface area contributed by atoms with Crippen molar-refractivity contribution < 1.29 is 4.74 Å². The van der Waals surface area contributed by atoms with E-state index in [1.807, 2.05) is 0 Å². The van der Waals surface area contributed by atoms with E-state index >= 15 is 0 Å². The minimum Gasteiger partial charge on any atom is -0.381 e. The Morgan fingerprint density at radius 3 is 3.00 bits per heavy atom. The van der Waals surface area contributed by atoms with Gasteiger partial charge >= 0.3 is 0 Å². The monoisotopic (exact) mass is 113 g/mol. The van der Waals surface area contributed by atoms with Crippen LogP contribution in [0.25, 0.3) is 0 Å². The van der Waals surface area contributed by atoms with Gasteiger partial charge in [-0.05, 0) is 25.2 Å². The Bertz CT molecular complexity index is 57.4. The van der Waals surface area contributed by atoms with Gasteiger partial charge in [0.05, 0.1) is 0 Å². The second-order valence-corrected chi connectivity index (χ2v) is 2.31. The van der Waals surface area contributed by atoms with Gasteiger partial charge in [0.1, 0.15) is 0 Å². The van der Waals surface area contributed by atoms with Gasteiger partial charge < -0.3 is 4.74 Å². The molecule has 47 valence electrons. The first-order valence-corrected chi connectivity index (χ1v) is 3.34. The Morgan fingerprint density at radius 2 is 2.50 bits per heavy atom. The zero-order valence-corrected chi connectivity index (χ0v) is 5.39. The average Bonchev–Trinajstić information content (AvgIpc) is 2.51. The van der Waals surface area contributed by atoms with Crippen LogP contribution in [-0.2, 0) is 4.74 Å². The minimum absolute atomic E-state index is 0.807. The summed E-state index contributed by atoms with van der Waals surface area (Å²) in [5.74, 6) is 0.807. The summed E-state index contributed by atoms with van der Waals surface area (Å²) in [6.07, 6.45) is 4.71. The van der Waals surface area contributed by atoms with Gasteiger partial charge in [-0.3, -0.25) is 0 Å². The summed E-state index contributed by atoms with van der Waals surface area (Å²) in [6, 6.07) is 0. The second kappa shape index (κ2) is 3.08. The molecule has 0 aliphatic heterocycles. The van der Waals surface area contributed by atoms with Gasteiger partial charge in [-0.1, -0.05) is 6.92 Å². The Morgan fingerprint density at radius 1 is 1.75 bits per heavy atom. The highest BCUT2D eigenvalue weighted by Gasteiger charge is 2.21. The van der Waals surface area contributed by atoms with Crippen molar-refractivity contribution in [2.75, 3.05) is 13.2 Å². The summed E-state index contributed by atoms with van der Waals surface area (Å²) in [7, 11) is 0. The lowest BCUT2D eigenvalue weighted by molar-refractivity contribution is 0.127. The maximum atomic E-state index is 5.28. The summed E-state index contributed by atoms with van der Waals surface area (Å²) < 4.78 is 5.28. The van der Waals surface area contributed by atoms with Crippen LogP contribution in [0.3, 0.4) is 0 Å². The molecule has 0 aromatic carbocycles. The van der Waals surface area contributed by atoms with Crippen molar-refractivity contribution in [2.45, 2.75) is 19.8 Å². The van der Waals surface area contributed by atoms with Crippen molar-refractivity contribution >= 4 is 0 Å². The fraction of sp³-hybridized carbons (Fsp3) is 0.857. The van der Waals surface area contributed by atoms with Crippen LogP contribution in [0.5, 0.6) is 0 Å². The smallest absolute Gasteiger partial charge is 0.0497 e. The maximum Gasteiger partial charge on any atom is 0.0497 e. The molecule has 0 bridgehead atoms. The van der Waals surface area contributed by atoms with Gasteiger partial charge in [0, 0.05) is 13.2 Å². The van der Waals surface area contributed by atoms with Gasteiger partial charge in [0.15, 0.2) is 0 Å². The van der Waals surface area contributed by atoms with E-state index in [0.717, 1.165) is 25.6 Å². The van der Waals surface area contributed by atoms with E-state index < -0.39 is 0 Å². The lowest BCUT2D eigenvalue weighted by Gasteiger charge is -1.96. The molecular weight excluding hydrogens is 100 g/mol. The predicted molar refractivity (Wildman–Crippen MR) is 33.5 cm³/mol. The summed E-state index contributed by atoms with van der Waals surface area (Å²) in [6.45, 7) is 4.04. The molecule has 1 rings (SSSR count). The van der Waals surface area contributed by atoms with Crippen LogP contribution >= 0.6 is 0 Å². The minimum atomic E-state index is 0.807. The van der Waals surface area contributed by atoms with Crippen molar-refractivity contribution in [2.24, 2.45) is 5.92 Å². The third-order valence-corrected chi connectivity index (χ3v) is 1.25. The van der Waals surface area contributed by atoms with Gasteiger partial charge in [-0.2, -0.15) is 0 Å². The van der Waals surface area contributed by atoms with E-state index in [4.69, 9.17) is 4.74 Å². The first-order valence-electron chi connectivity index (χ1n) is 3.34. The van der Waals surface area contributed by atoms with Gasteiger partial charge in [-0.25, -0.2) is 0 Å². The van der Waals surface area contributed by atoms with Crippen molar-refractivity contribution in [1.82, 2.24) is 0 Å². The van der Waals surface area contributed by atoms with Gasteiger partial charge in [0.2, 0.25) is 0 Å². The fourth-order valence-corrected chi connectivity index (χ4v) is 0.611. The SMILES string of the molecule is CCCOCC1[CH]C1. The third-order valence-electron chi connectivity index (χ3n) is 1.25. The molecule has 1 fully saturated rings. The molecule has 1 aliphatic carbocycles. The van der Waals surface area contributed by atoms with Crippen LogP contribution in [0.2, 0.25) is 0 Å². The highest BCUT2D eigenvalue weighted by atomic mass is 16.5. The van der Waals surface area contributed by atoms with Crippen LogP contribution in [0.4, 0.5) is 0 Å². The lowest BCUT2D eigenvalue weighted by atomic mass is 10.4. The Balaban J connectivity index is 1.74. The van der Waals surface area contributed by atoms with E-state index in [1.165, 1.54) is 6.42 Å². The highest BCUT2D eigenvalue weighted by Crippen LogP contribution is 2.26. The molecule has 1 heteroatoms. The molecule has 0 N–H and O–H groups in total. The molecule has 1 radical (unpaired) electrons. The summed E-state index contributed by atoms with van der Waals surface area (Å²) >= 11 is 0. The van der Waals surface area contributed by atoms with Crippen LogP contribution < -0.4 is 0 Å². The van der Waals surface area contributed by atoms with Crippen LogP contribution in [0.1, 0.15) is 19.8 Å². The molecule has 0 saturated heterocycles. The largest absolute Gasteiger partial charge is 0.381 e. The molecule has 0 amide bonds. The summed E-state index contributed by atoms with van der Waals surface area (Å²) in [4.78, 5) is 0. The van der Waals surface area contributed by atoms with E-state index in [0.29, 0.717) is 0 Å². The van der Waals surface area contributed by atoms with Crippen LogP contribution in [-0.4, -0.2) is 13.2 Å². The van der Waals surface area contributed by atoms with Crippen molar-refractivity contribution in [3.63, 3.8) is 0 Å². The topological polar surface area (TPSA) is 9.23 Å². The van der Waals surface area contributed by atoms with Crippen molar-refractivity contribution in [1.29, 1.82) is 0 Å². The van der Waals surface area contributed by atoms with E-state index in [9.17, 15) is 0 Å². The van der Waals surface area contributed by atoms with Crippen LogP contribution in [0, 0.1) is 12.3 Å². The first kappa shape index (κ1) is 6.09. The summed E-state index contributed by atoms with van der Waals surface area (Å²) in [5.41, 5.74) is 0. The fourth-order valence-electron chi connectivity index (χ4n) is 0.611. The van der Waals surface area contributed by atoms with Crippen LogP contribution in [0.15, 0.2) is 0 Å². The number of hydrogen-bond donors (Lipinski definition) is 0. The number of hydrogen-bond acceptors (Lipinski definition) is 1. The zero-order valence-electron chi connectivity index (χ0n) is 5.39. The Hall–Kier alpha value is -0.0400. The van der Waals surface area contributed by atoms with Gasteiger partial charge in [0.25, 0.3) is 0 Å². The van der Waals surface area contributed by atoms with E-state index in [-0.39, 0.29) is 0 Å². The molecule has 1 saturated carbocycles. The second-order valence-electron chi connectivity index (χ2n) is 2.31. The highest BCUT2D eigenvalue weighted by molar-refractivity contribution is 4.94. The average molecular weight is 113 g/mol. The van der Waals surface area contributed by atoms with E-state index in [1.54, 1.807) is 0 Å². The third kappa shape index (κ3) is 2.31. The molecule has 1 aliphatic rings. The first-order chi connectivity index (χ1) is 3.93. The molecule has 0 spiro atoms. The Labute approximate surface area is 51.0 Å². The zero-order chi connectivity index (χ0) is 5.82. The number of rotatable bonds is 4. The number of ether oxygens (including phenoxy) is 1. The molecule has 0 aromatic heterocycles. The van der Waals surface area contributed by atoms with Gasteiger partial charge in [-0.15, -0.1) is 0 Å². The quantitative estimate of drug-likeness (QED) is 0.503. The Kier molecular flexibility index (Phi) is 2.34. The molecule has 8 heavy (non-hydrogen) atoms. The lowest BCUT2D eigenvalue weighted by Crippen LogP contribution is -1.96. The maximum absolute atomic E-state index is 5.28. The molecular formula is C7H13O. The molecule has 1 unspecified atom stereocenters. The normalized spacial score (nSPS) is 19.1. The molecule has 0 aromatic rings.